The summed E-state index contributed by atoms with van der Waals surface area (Å²) in [5.74, 6) is 0.576. The molecule has 4 rings (SSSR count). The van der Waals surface area contributed by atoms with E-state index in [1.165, 1.54) is 4.90 Å². The first-order chi connectivity index (χ1) is 17.4. The number of likely N-dealkylation sites (N-methyl/N-ethyl adjacent to an activating group) is 1. The Kier molecular flexibility index (Phi) is 7.82. The van der Waals surface area contributed by atoms with Crippen LogP contribution in [-0.2, 0) is 9.59 Å². The van der Waals surface area contributed by atoms with Crippen LogP contribution < -0.4 is 9.64 Å². The van der Waals surface area contributed by atoms with Gasteiger partial charge < -0.3 is 24.3 Å². The van der Waals surface area contributed by atoms with Gasteiger partial charge in [-0.25, -0.2) is 0 Å². The van der Waals surface area contributed by atoms with Crippen LogP contribution in [0.3, 0.4) is 0 Å². The number of para-hydroxylation sites is 1. The second kappa shape index (κ2) is 11.0. The highest BCUT2D eigenvalue weighted by atomic mass is 16.5. The van der Waals surface area contributed by atoms with Crippen molar-refractivity contribution in [3.05, 3.63) is 60.2 Å². The maximum Gasteiger partial charge on any atom is 0.253 e. The van der Waals surface area contributed by atoms with E-state index >= 15 is 0 Å². The van der Waals surface area contributed by atoms with E-state index in [4.69, 9.17) is 4.74 Å². The third-order valence-corrected chi connectivity index (χ3v) is 7.15. The van der Waals surface area contributed by atoms with Gasteiger partial charge in [-0.05, 0) is 55.7 Å². The highest BCUT2D eigenvalue weighted by Gasteiger charge is 2.54. The average molecular weight is 493 g/mol. The molecule has 0 bridgehead atoms. The van der Waals surface area contributed by atoms with Gasteiger partial charge in [0.15, 0.2) is 0 Å². The van der Waals surface area contributed by atoms with Gasteiger partial charge >= 0.3 is 0 Å². The number of likely N-dealkylation sites (tertiary alicyclic amines) is 1. The summed E-state index contributed by atoms with van der Waals surface area (Å²) in [6, 6.07) is 17.1. The van der Waals surface area contributed by atoms with Crippen molar-refractivity contribution in [2.75, 3.05) is 51.9 Å². The molecular weight excluding hydrogens is 456 g/mol. The van der Waals surface area contributed by atoms with Gasteiger partial charge in [0.2, 0.25) is 5.91 Å². The van der Waals surface area contributed by atoms with Gasteiger partial charge in [-0.3, -0.25) is 14.4 Å². The SMILES string of the molecule is CCCCOc1ccc(C(=O)N2CCC3(CC2)C(=O)N(CC(=O)N(C)C)CN3c2ccccc2)cc1. The Bertz CT molecular complexity index is 1060. The zero-order chi connectivity index (χ0) is 25.7. The van der Waals surface area contributed by atoms with Gasteiger partial charge in [0.25, 0.3) is 11.8 Å². The van der Waals surface area contributed by atoms with E-state index in [-0.39, 0.29) is 24.3 Å². The van der Waals surface area contributed by atoms with Crippen LogP contribution in [0.5, 0.6) is 5.75 Å². The standard InChI is InChI=1S/C28H36N4O4/c1-4-5-19-36-24-13-11-22(12-14-24)26(34)30-17-15-28(16-18-30)27(35)31(20-25(33)29(2)3)21-32(28)23-9-7-6-8-10-23/h6-14H,4-5,15-21H2,1-3H3. The first kappa shape index (κ1) is 25.5. The summed E-state index contributed by atoms with van der Waals surface area (Å²) in [6.07, 6.45) is 3.09. The van der Waals surface area contributed by atoms with E-state index in [1.54, 1.807) is 31.1 Å². The van der Waals surface area contributed by atoms with Crippen LogP contribution in [0.25, 0.3) is 0 Å². The molecule has 0 radical (unpaired) electrons. The Labute approximate surface area is 213 Å². The predicted octanol–water partition coefficient (Wildman–Crippen LogP) is 3.23. The van der Waals surface area contributed by atoms with E-state index < -0.39 is 5.54 Å². The Morgan fingerprint density at radius 3 is 2.28 bits per heavy atom. The smallest absolute Gasteiger partial charge is 0.253 e. The summed E-state index contributed by atoms with van der Waals surface area (Å²) < 4.78 is 5.71. The van der Waals surface area contributed by atoms with Gasteiger partial charge in [0, 0.05) is 38.4 Å². The fraction of sp³-hybridized carbons (Fsp3) is 0.464. The fourth-order valence-electron chi connectivity index (χ4n) is 4.92. The number of ether oxygens (including phenoxy) is 1. The topological polar surface area (TPSA) is 73.4 Å². The molecule has 2 heterocycles. The fourth-order valence-corrected chi connectivity index (χ4v) is 4.92. The van der Waals surface area contributed by atoms with Crippen molar-refractivity contribution >= 4 is 23.4 Å². The molecule has 8 heteroatoms. The summed E-state index contributed by atoms with van der Waals surface area (Å²) >= 11 is 0. The minimum absolute atomic E-state index is 0.0396. The molecule has 0 saturated carbocycles. The number of carbonyl (C=O) groups excluding carboxylic acids is 3. The Morgan fingerprint density at radius 1 is 1.00 bits per heavy atom. The number of unbranched alkanes of at least 4 members (excludes halogenated alkanes) is 1. The van der Waals surface area contributed by atoms with Gasteiger partial charge in [0.1, 0.15) is 17.8 Å². The molecule has 2 aliphatic heterocycles. The first-order valence-electron chi connectivity index (χ1n) is 12.7. The Balaban J connectivity index is 1.47. The molecule has 2 aromatic carbocycles. The second-order valence-corrected chi connectivity index (χ2v) is 9.75. The lowest BCUT2D eigenvalue weighted by Crippen LogP contribution is -2.57. The summed E-state index contributed by atoms with van der Waals surface area (Å²) in [4.78, 5) is 46.4. The second-order valence-electron chi connectivity index (χ2n) is 9.75. The van der Waals surface area contributed by atoms with Gasteiger partial charge in [0.05, 0.1) is 13.3 Å². The largest absolute Gasteiger partial charge is 0.494 e. The molecule has 1 spiro atoms. The van der Waals surface area contributed by atoms with Gasteiger partial charge in [-0.2, -0.15) is 0 Å². The Morgan fingerprint density at radius 2 is 1.67 bits per heavy atom. The minimum Gasteiger partial charge on any atom is -0.494 e. The molecule has 0 N–H and O–H groups in total. The van der Waals surface area contributed by atoms with Gasteiger partial charge in [-0.1, -0.05) is 31.5 Å². The van der Waals surface area contributed by atoms with Crippen molar-refractivity contribution in [3.63, 3.8) is 0 Å². The van der Waals surface area contributed by atoms with Crippen molar-refractivity contribution in [2.24, 2.45) is 0 Å². The Hall–Kier alpha value is -3.55. The molecule has 0 aliphatic carbocycles. The van der Waals surface area contributed by atoms with E-state index in [1.807, 2.05) is 47.4 Å². The monoisotopic (exact) mass is 492 g/mol. The highest BCUT2D eigenvalue weighted by molar-refractivity contribution is 5.97. The van der Waals surface area contributed by atoms with Crippen molar-refractivity contribution in [1.82, 2.24) is 14.7 Å². The van der Waals surface area contributed by atoms with Crippen molar-refractivity contribution in [2.45, 2.75) is 38.1 Å². The van der Waals surface area contributed by atoms with E-state index in [0.29, 0.717) is 44.8 Å². The molecular formula is C28H36N4O4. The third kappa shape index (κ3) is 5.17. The van der Waals surface area contributed by atoms with Gasteiger partial charge in [-0.15, -0.1) is 0 Å². The van der Waals surface area contributed by atoms with Crippen molar-refractivity contribution in [3.8, 4) is 5.75 Å². The number of carbonyl (C=O) groups is 3. The quantitative estimate of drug-likeness (QED) is 0.529. The molecule has 0 aromatic heterocycles. The predicted molar refractivity (Wildman–Crippen MR) is 139 cm³/mol. The number of hydrogen-bond donors (Lipinski definition) is 0. The maximum atomic E-state index is 13.7. The first-order valence-corrected chi connectivity index (χ1v) is 12.7. The molecule has 0 unspecified atom stereocenters. The molecule has 2 fully saturated rings. The number of piperidine rings is 1. The lowest BCUT2D eigenvalue weighted by atomic mass is 9.85. The molecule has 36 heavy (non-hydrogen) atoms. The maximum absolute atomic E-state index is 13.7. The molecule has 192 valence electrons. The number of hydrogen-bond acceptors (Lipinski definition) is 5. The number of benzene rings is 2. The van der Waals surface area contributed by atoms with Crippen LogP contribution in [0.15, 0.2) is 54.6 Å². The number of amides is 3. The van der Waals surface area contributed by atoms with Crippen LogP contribution in [0.2, 0.25) is 0 Å². The van der Waals surface area contributed by atoms with Crippen molar-refractivity contribution < 1.29 is 19.1 Å². The summed E-state index contributed by atoms with van der Waals surface area (Å²) in [6.45, 7) is 4.13. The number of nitrogens with zero attached hydrogens (tertiary/aromatic N) is 4. The van der Waals surface area contributed by atoms with Crippen molar-refractivity contribution in [1.29, 1.82) is 0 Å². The van der Waals surface area contributed by atoms with Crippen LogP contribution in [-0.4, -0.2) is 85.0 Å². The molecule has 3 amide bonds. The molecule has 8 nitrogen and oxygen atoms in total. The van der Waals surface area contributed by atoms with E-state index in [0.717, 1.165) is 24.3 Å². The normalized spacial score (nSPS) is 17.0. The zero-order valence-corrected chi connectivity index (χ0v) is 21.5. The summed E-state index contributed by atoms with van der Waals surface area (Å²) in [5.41, 5.74) is 0.801. The molecule has 2 aromatic rings. The number of anilines is 1. The average Bonchev–Trinajstić information content (AvgIpc) is 3.16. The van der Waals surface area contributed by atoms with E-state index in [9.17, 15) is 14.4 Å². The molecule has 2 aliphatic rings. The van der Waals surface area contributed by atoms with Crippen LogP contribution in [0.4, 0.5) is 5.69 Å². The lowest BCUT2D eigenvalue weighted by molar-refractivity contribution is -0.139. The highest BCUT2D eigenvalue weighted by Crippen LogP contribution is 2.39. The summed E-state index contributed by atoms with van der Waals surface area (Å²) in [7, 11) is 3.39. The van der Waals surface area contributed by atoms with E-state index in [2.05, 4.69) is 11.8 Å². The van der Waals surface area contributed by atoms with Crippen LogP contribution >= 0.6 is 0 Å². The van der Waals surface area contributed by atoms with Crippen LogP contribution in [0.1, 0.15) is 43.0 Å². The minimum atomic E-state index is -0.762. The number of rotatable bonds is 8. The lowest BCUT2D eigenvalue weighted by Gasteiger charge is -2.43. The zero-order valence-electron chi connectivity index (χ0n) is 21.5. The van der Waals surface area contributed by atoms with Crippen LogP contribution in [0, 0.1) is 0 Å². The summed E-state index contributed by atoms with van der Waals surface area (Å²) in [5, 5.41) is 0. The molecule has 0 atom stereocenters. The molecule has 2 saturated heterocycles. The third-order valence-electron chi connectivity index (χ3n) is 7.15.